The fourth-order valence-electron chi connectivity index (χ4n) is 4.82. The molecular weight excluding hydrogens is 722 g/mol. The molecule has 0 bridgehead atoms. The van der Waals surface area contributed by atoms with E-state index < -0.39 is 14.5 Å². The van der Waals surface area contributed by atoms with Crippen LogP contribution in [-0.4, -0.2) is 0 Å². The van der Waals surface area contributed by atoms with Crippen molar-refractivity contribution in [3.8, 4) is 0 Å². The van der Waals surface area contributed by atoms with Gasteiger partial charge in [-0.1, -0.05) is 54.6 Å². The van der Waals surface area contributed by atoms with Gasteiger partial charge in [0.2, 0.25) is 0 Å². The topological polar surface area (TPSA) is 0 Å². The van der Waals surface area contributed by atoms with Crippen molar-refractivity contribution in [1.29, 1.82) is 0 Å². The van der Waals surface area contributed by atoms with E-state index in [2.05, 4.69) is 164 Å². The summed E-state index contributed by atoms with van der Waals surface area (Å²) < 4.78 is 0. The summed E-state index contributed by atoms with van der Waals surface area (Å²) in [7, 11) is -0.877. The molecule has 0 heterocycles. The zero-order valence-corrected chi connectivity index (χ0v) is 29.3. The molecule has 0 aliphatic carbocycles. The van der Waals surface area contributed by atoms with Crippen LogP contribution in [0.1, 0.15) is 0 Å². The minimum Gasteiger partial charge on any atom is -0.0620 e. The van der Waals surface area contributed by atoms with Crippen LogP contribution in [0, 0.1) is 0 Å². The third-order valence-corrected chi connectivity index (χ3v) is 14.8. The summed E-state index contributed by atoms with van der Waals surface area (Å²) in [6.45, 7) is -2.41. The molecule has 0 saturated carbocycles. The molecule has 0 aromatic heterocycles. The third kappa shape index (κ3) is 8.45. The summed E-state index contributed by atoms with van der Waals surface area (Å²) in [6.07, 6.45) is 0. The van der Waals surface area contributed by atoms with Crippen LogP contribution in [0.5, 0.6) is 0 Å². The second-order valence-electron chi connectivity index (χ2n) is 9.23. The molecule has 0 spiro atoms. The average molecular weight is 754 g/mol. The van der Waals surface area contributed by atoms with E-state index in [1.807, 2.05) is 18.2 Å². The molecule has 0 fully saturated rings. The van der Waals surface area contributed by atoms with Crippen molar-refractivity contribution in [3.05, 3.63) is 182 Å². The fraction of sp³-hybridized carbons (Fsp3) is 0. The molecule has 204 valence electrons. The number of hydrogen-bond acceptors (Lipinski definition) is 0. The van der Waals surface area contributed by atoms with Crippen molar-refractivity contribution in [2.75, 3.05) is 0 Å². The minimum absolute atomic E-state index is 0. The van der Waals surface area contributed by atoms with E-state index >= 15 is 0 Å². The van der Waals surface area contributed by atoms with Gasteiger partial charge in [0, 0.05) is 42.1 Å². The van der Waals surface area contributed by atoms with E-state index in [1.54, 1.807) is 0 Å². The summed E-state index contributed by atoms with van der Waals surface area (Å²) >= 11 is 7.25. The first kappa shape index (κ1) is 33.3. The standard InChI is InChI=1S/C18H16ClP.C18H15P.2Mo/c19-20(16-10-4-1-5-11-16,17-12-6-2-7-13-17)18-14-8-3-9-15-18;1-4-10-16(11-5-1)19(17-12-6-2-7-13-17)18-14-8-3-9-15-18;;/h1-15,20H;1-15H;;/p+1. The second kappa shape index (κ2) is 17.1. The molecule has 6 aromatic carbocycles. The first-order valence-corrected chi connectivity index (χ1v) is 17.7. The van der Waals surface area contributed by atoms with Gasteiger partial charge >= 0.3 is 125 Å². The number of benzene rings is 6. The summed E-state index contributed by atoms with van der Waals surface area (Å²) in [5, 5.41) is 7.97. The van der Waals surface area contributed by atoms with E-state index in [4.69, 9.17) is 11.2 Å². The predicted octanol–water partition coefficient (Wildman–Crippen LogP) is 7.04. The maximum absolute atomic E-state index is 7.25. The van der Waals surface area contributed by atoms with Gasteiger partial charge in [0.15, 0.2) is 0 Å². The molecule has 41 heavy (non-hydrogen) atoms. The van der Waals surface area contributed by atoms with Gasteiger partial charge < -0.3 is 0 Å². The molecule has 0 saturated heterocycles. The van der Waals surface area contributed by atoms with E-state index in [9.17, 15) is 0 Å². The summed E-state index contributed by atoms with van der Waals surface area (Å²) in [6, 6.07) is 63.8. The van der Waals surface area contributed by atoms with Gasteiger partial charge in [-0.25, -0.2) is 0 Å². The molecule has 0 aliphatic rings. The van der Waals surface area contributed by atoms with E-state index in [0.717, 1.165) is 0 Å². The van der Waals surface area contributed by atoms with Crippen molar-refractivity contribution in [2.45, 2.75) is 0 Å². The molecule has 0 N–H and O–H groups in total. The van der Waals surface area contributed by atoms with Crippen molar-refractivity contribution >= 4 is 57.6 Å². The molecule has 0 amide bonds. The maximum Gasteiger partial charge on any atom is 0.102 e. The average Bonchev–Trinajstić information content (AvgIpc) is 3.04. The predicted molar refractivity (Wildman–Crippen MR) is 179 cm³/mol. The van der Waals surface area contributed by atoms with E-state index in [0.29, 0.717) is 0 Å². The molecule has 6 aromatic rings. The molecule has 0 unspecified atom stereocenters. The molecule has 0 radical (unpaired) electrons. The zero-order chi connectivity index (χ0) is 26.8. The summed E-state index contributed by atoms with van der Waals surface area (Å²) in [5.41, 5.74) is 0. The van der Waals surface area contributed by atoms with Crippen LogP contribution in [-0.2, 0) is 42.1 Å². The van der Waals surface area contributed by atoms with Gasteiger partial charge in [-0.05, 0) is 36.4 Å². The van der Waals surface area contributed by atoms with Crippen molar-refractivity contribution < 1.29 is 42.1 Å². The number of halogens is 1. The van der Waals surface area contributed by atoms with Gasteiger partial charge in [-0.15, -0.1) is 0 Å². The quantitative estimate of drug-likeness (QED) is 0.127. The van der Waals surface area contributed by atoms with Crippen LogP contribution in [0.15, 0.2) is 182 Å². The van der Waals surface area contributed by atoms with Crippen LogP contribution in [0.2, 0.25) is 0 Å². The Labute approximate surface area is 279 Å². The molecule has 0 nitrogen and oxygen atoms in total. The van der Waals surface area contributed by atoms with Gasteiger partial charge in [-0.3, -0.25) is 0 Å². The van der Waals surface area contributed by atoms with E-state index in [-0.39, 0.29) is 42.1 Å². The number of hydrogen-bond donors (Lipinski definition) is 0. The molecule has 5 heteroatoms. The van der Waals surface area contributed by atoms with Crippen LogP contribution in [0.4, 0.5) is 0 Å². The van der Waals surface area contributed by atoms with E-state index in [1.165, 1.54) is 31.8 Å². The van der Waals surface area contributed by atoms with Gasteiger partial charge in [0.05, 0.1) is 7.92 Å². The second-order valence-corrected chi connectivity index (χ2v) is 16.5. The Hall–Kier alpha value is -2.15. The molecule has 0 atom stereocenters. The Morgan fingerprint density at radius 1 is 0.317 bits per heavy atom. The smallest absolute Gasteiger partial charge is 0.0620 e. The summed E-state index contributed by atoms with van der Waals surface area (Å²) in [4.78, 5) is 0. The van der Waals surface area contributed by atoms with Gasteiger partial charge in [-0.2, -0.15) is 0 Å². The molecule has 0 aliphatic heterocycles. The number of rotatable bonds is 6. The van der Waals surface area contributed by atoms with Crippen LogP contribution in [0.25, 0.3) is 0 Å². The van der Waals surface area contributed by atoms with Crippen molar-refractivity contribution in [1.82, 2.24) is 0 Å². The maximum atomic E-state index is 7.25. The monoisotopic (exact) mass is 757 g/mol. The third-order valence-electron chi connectivity index (χ3n) is 6.70. The van der Waals surface area contributed by atoms with Crippen LogP contribution >= 0.6 is 25.8 Å². The first-order valence-electron chi connectivity index (χ1n) is 13.2. The summed E-state index contributed by atoms with van der Waals surface area (Å²) in [5.74, 6) is 0. The Morgan fingerprint density at radius 3 is 0.732 bits per heavy atom. The van der Waals surface area contributed by atoms with Crippen molar-refractivity contribution in [3.63, 3.8) is 0 Å². The Balaban J connectivity index is 0.000000215. The molecular formula is C36H32ClMo2P2+. The molecule has 6 rings (SSSR count). The Kier molecular flexibility index (Phi) is 13.9. The van der Waals surface area contributed by atoms with Crippen LogP contribution in [0.3, 0.4) is 0 Å². The zero-order valence-electron chi connectivity index (χ0n) is 22.5. The first-order chi connectivity index (χ1) is 19.3. The normalized spacial score (nSPS) is 10.8. The van der Waals surface area contributed by atoms with Crippen molar-refractivity contribution in [2.24, 2.45) is 0 Å². The van der Waals surface area contributed by atoms with Gasteiger partial charge in [0.1, 0.15) is 15.9 Å². The van der Waals surface area contributed by atoms with Gasteiger partial charge in [0.25, 0.3) is 0 Å². The largest absolute Gasteiger partial charge is 0.102 e. The fourth-order valence-corrected chi connectivity index (χ4v) is 11.5. The SMILES string of the molecule is Cl[PH](c1ccccc1)(c1ccccc1)c1ccccc1.[Mo].[Mo].c1ccc([PH+](c2ccccc2)c2ccccc2)cc1. The minimum atomic E-state index is -2.41. The van der Waals surface area contributed by atoms with Crippen LogP contribution < -0.4 is 31.8 Å². The Bertz CT molecular complexity index is 1350. The Morgan fingerprint density at radius 2 is 0.512 bits per heavy atom.